The Morgan fingerprint density at radius 3 is 2.76 bits per heavy atom. The minimum atomic E-state index is -0.688. The highest BCUT2D eigenvalue weighted by Gasteiger charge is 2.15. The van der Waals surface area contributed by atoms with Crippen LogP contribution in [0.3, 0.4) is 0 Å². The molecule has 1 aromatic carbocycles. The number of hydrogen-bond acceptors (Lipinski definition) is 3. The molecule has 1 amide bonds. The largest absolute Gasteiger partial charge is 0.323 e. The minimum Gasteiger partial charge on any atom is -0.323 e. The second-order valence-corrected chi connectivity index (χ2v) is 3.72. The Hall–Kier alpha value is -1.98. The number of nitro groups is 1. The highest BCUT2D eigenvalue weighted by atomic mass is 19.1. The van der Waals surface area contributed by atoms with E-state index in [1.54, 1.807) is 6.92 Å². The molecule has 1 N–H and O–H groups in total. The number of carbonyl (C=O) groups excluding carboxylic acids is 1. The van der Waals surface area contributed by atoms with Crippen LogP contribution in [0.15, 0.2) is 18.2 Å². The Kier molecular flexibility index (Phi) is 4.14. The third-order valence-electron chi connectivity index (χ3n) is 2.48. The lowest BCUT2D eigenvalue weighted by Gasteiger charge is -2.10. The summed E-state index contributed by atoms with van der Waals surface area (Å²) in [5, 5.41) is 12.8. The van der Waals surface area contributed by atoms with E-state index in [0.717, 1.165) is 18.2 Å². The third kappa shape index (κ3) is 3.24. The number of benzene rings is 1. The number of nitrogens with one attached hydrogen (secondary N) is 1. The summed E-state index contributed by atoms with van der Waals surface area (Å²) < 4.78 is 13.3. The Labute approximate surface area is 97.8 Å². The third-order valence-corrected chi connectivity index (χ3v) is 2.48. The lowest BCUT2D eigenvalue weighted by Crippen LogP contribution is -2.20. The summed E-state index contributed by atoms with van der Waals surface area (Å²) in [4.78, 5) is 21.4. The number of anilines is 1. The van der Waals surface area contributed by atoms with E-state index in [4.69, 9.17) is 0 Å². The van der Waals surface area contributed by atoms with E-state index in [2.05, 4.69) is 5.32 Å². The van der Waals surface area contributed by atoms with Gasteiger partial charge in [-0.25, -0.2) is 4.39 Å². The maximum Gasteiger partial charge on any atom is 0.271 e. The van der Waals surface area contributed by atoms with Crippen molar-refractivity contribution in [3.05, 3.63) is 34.1 Å². The quantitative estimate of drug-likeness (QED) is 0.649. The van der Waals surface area contributed by atoms with E-state index >= 15 is 0 Å². The van der Waals surface area contributed by atoms with Crippen LogP contribution in [0.1, 0.15) is 20.3 Å². The van der Waals surface area contributed by atoms with Crippen molar-refractivity contribution in [1.29, 1.82) is 0 Å². The van der Waals surface area contributed by atoms with Gasteiger partial charge in [-0.15, -0.1) is 0 Å². The van der Waals surface area contributed by atoms with Crippen molar-refractivity contribution in [2.45, 2.75) is 20.3 Å². The summed E-state index contributed by atoms with van der Waals surface area (Å²) in [5.74, 6) is -1.31. The number of rotatable bonds is 4. The van der Waals surface area contributed by atoms with Gasteiger partial charge in [0.1, 0.15) is 5.82 Å². The van der Waals surface area contributed by atoms with Crippen LogP contribution in [-0.2, 0) is 4.79 Å². The summed E-state index contributed by atoms with van der Waals surface area (Å²) in [7, 11) is 0. The number of amides is 1. The van der Waals surface area contributed by atoms with Gasteiger partial charge in [-0.05, 0) is 12.5 Å². The van der Waals surface area contributed by atoms with E-state index in [9.17, 15) is 19.3 Å². The van der Waals surface area contributed by atoms with Gasteiger partial charge in [0.05, 0.1) is 10.6 Å². The summed E-state index contributed by atoms with van der Waals surface area (Å²) in [5.41, 5.74) is -0.421. The fourth-order valence-electron chi connectivity index (χ4n) is 1.16. The predicted octanol–water partition coefficient (Wildman–Crippen LogP) is 2.72. The molecule has 17 heavy (non-hydrogen) atoms. The number of nitro benzene ring substituents is 1. The molecule has 1 rings (SSSR count). The second-order valence-electron chi connectivity index (χ2n) is 3.72. The monoisotopic (exact) mass is 240 g/mol. The molecule has 0 spiro atoms. The first-order valence-electron chi connectivity index (χ1n) is 5.20. The van der Waals surface area contributed by atoms with E-state index in [0.29, 0.717) is 6.42 Å². The standard InChI is InChI=1S/C11H13FN2O3/c1-3-7(2)11(15)13-10-6-8(14(16)17)4-5-9(10)12/h4-7H,3H2,1-2H3,(H,13,15). The van der Waals surface area contributed by atoms with Crippen molar-refractivity contribution in [2.75, 3.05) is 5.32 Å². The van der Waals surface area contributed by atoms with E-state index < -0.39 is 10.7 Å². The topological polar surface area (TPSA) is 72.2 Å². The van der Waals surface area contributed by atoms with Gasteiger partial charge in [0.25, 0.3) is 5.69 Å². The van der Waals surface area contributed by atoms with E-state index in [-0.39, 0.29) is 23.2 Å². The average Bonchev–Trinajstić information content (AvgIpc) is 2.30. The molecular formula is C11H13FN2O3. The van der Waals surface area contributed by atoms with Crippen LogP contribution in [-0.4, -0.2) is 10.8 Å². The molecular weight excluding hydrogens is 227 g/mol. The van der Waals surface area contributed by atoms with E-state index in [1.807, 2.05) is 6.92 Å². The molecule has 0 aliphatic carbocycles. The highest BCUT2D eigenvalue weighted by molar-refractivity contribution is 5.92. The lowest BCUT2D eigenvalue weighted by atomic mass is 10.1. The highest BCUT2D eigenvalue weighted by Crippen LogP contribution is 2.21. The average molecular weight is 240 g/mol. The summed E-state index contributed by atoms with van der Waals surface area (Å²) in [6, 6.07) is 3.02. The van der Waals surface area contributed by atoms with Crippen LogP contribution in [0.5, 0.6) is 0 Å². The molecule has 0 aliphatic rings. The van der Waals surface area contributed by atoms with Gasteiger partial charge in [0.15, 0.2) is 0 Å². The summed E-state index contributed by atoms with van der Waals surface area (Å²) in [6.07, 6.45) is 0.613. The van der Waals surface area contributed by atoms with Crippen molar-refractivity contribution in [1.82, 2.24) is 0 Å². The zero-order valence-electron chi connectivity index (χ0n) is 9.57. The number of carbonyl (C=O) groups is 1. The van der Waals surface area contributed by atoms with Gasteiger partial charge in [0, 0.05) is 18.1 Å². The summed E-state index contributed by atoms with van der Waals surface area (Å²) in [6.45, 7) is 3.53. The number of hydrogen-bond donors (Lipinski definition) is 1. The van der Waals surface area contributed by atoms with Crippen LogP contribution in [0.4, 0.5) is 15.8 Å². The maximum atomic E-state index is 13.3. The Bertz CT molecular complexity index is 448. The maximum absolute atomic E-state index is 13.3. The van der Waals surface area contributed by atoms with Crippen LogP contribution >= 0.6 is 0 Å². The second kappa shape index (κ2) is 5.38. The molecule has 1 atom stereocenters. The van der Waals surface area contributed by atoms with Crippen molar-refractivity contribution >= 4 is 17.3 Å². The molecule has 0 bridgehead atoms. The van der Waals surface area contributed by atoms with Crippen molar-refractivity contribution < 1.29 is 14.1 Å². The molecule has 92 valence electrons. The van der Waals surface area contributed by atoms with Gasteiger partial charge in [-0.2, -0.15) is 0 Å². The lowest BCUT2D eigenvalue weighted by molar-refractivity contribution is -0.384. The zero-order chi connectivity index (χ0) is 13.0. The fourth-order valence-corrected chi connectivity index (χ4v) is 1.16. The molecule has 0 saturated carbocycles. The molecule has 1 unspecified atom stereocenters. The van der Waals surface area contributed by atoms with Crippen molar-refractivity contribution in [2.24, 2.45) is 5.92 Å². The van der Waals surface area contributed by atoms with Crippen molar-refractivity contribution in [3.63, 3.8) is 0 Å². The molecule has 0 heterocycles. The Balaban J connectivity index is 2.94. The predicted molar refractivity (Wildman–Crippen MR) is 61.1 cm³/mol. The summed E-state index contributed by atoms with van der Waals surface area (Å²) >= 11 is 0. The first kappa shape index (κ1) is 13.1. The van der Waals surface area contributed by atoms with E-state index in [1.165, 1.54) is 0 Å². The first-order valence-corrected chi connectivity index (χ1v) is 5.20. The SMILES string of the molecule is CCC(C)C(=O)Nc1cc([N+](=O)[O-])ccc1F. The molecule has 0 saturated heterocycles. The van der Waals surface area contributed by atoms with Gasteiger partial charge < -0.3 is 5.32 Å². The minimum absolute atomic E-state index is 0.162. The number of non-ortho nitro benzene ring substituents is 1. The van der Waals surface area contributed by atoms with Gasteiger partial charge in [-0.1, -0.05) is 13.8 Å². The first-order chi connectivity index (χ1) is 7.95. The molecule has 0 aromatic heterocycles. The number of nitrogens with zero attached hydrogens (tertiary/aromatic N) is 1. The zero-order valence-corrected chi connectivity index (χ0v) is 9.57. The molecule has 6 heteroatoms. The van der Waals surface area contributed by atoms with Crippen molar-refractivity contribution in [3.8, 4) is 0 Å². The van der Waals surface area contributed by atoms with Crippen LogP contribution < -0.4 is 5.32 Å². The molecule has 1 aromatic rings. The van der Waals surface area contributed by atoms with Crippen LogP contribution in [0.25, 0.3) is 0 Å². The van der Waals surface area contributed by atoms with Gasteiger partial charge in [-0.3, -0.25) is 14.9 Å². The number of halogens is 1. The Morgan fingerprint density at radius 2 is 2.24 bits per heavy atom. The normalized spacial score (nSPS) is 11.9. The van der Waals surface area contributed by atoms with Gasteiger partial charge >= 0.3 is 0 Å². The Morgan fingerprint density at radius 1 is 1.59 bits per heavy atom. The van der Waals surface area contributed by atoms with Gasteiger partial charge in [0.2, 0.25) is 5.91 Å². The van der Waals surface area contributed by atoms with Crippen LogP contribution in [0.2, 0.25) is 0 Å². The molecule has 5 nitrogen and oxygen atoms in total. The smallest absolute Gasteiger partial charge is 0.271 e. The molecule has 0 fully saturated rings. The fraction of sp³-hybridized carbons (Fsp3) is 0.364. The molecule has 0 aliphatic heterocycles. The molecule has 0 radical (unpaired) electrons. The van der Waals surface area contributed by atoms with Crippen LogP contribution in [0, 0.1) is 21.8 Å².